The van der Waals surface area contributed by atoms with Crippen LogP contribution in [0.25, 0.3) is 0 Å². The predicted octanol–water partition coefficient (Wildman–Crippen LogP) is 3.17. The van der Waals surface area contributed by atoms with Crippen molar-refractivity contribution in [2.75, 3.05) is 13.1 Å². The van der Waals surface area contributed by atoms with Gasteiger partial charge < -0.3 is 5.32 Å². The van der Waals surface area contributed by atoms with Crippen molar-refractivity contribution in [3.05, 3.63) is 50.4 Å². The van der Waals surface area contributed by atoms with Crippen molar-refractivity contribution in [3.63, 3.8) is 0 Å². The Morgan fingerprint density at radius 2 is 2.08 bits per heavy atom. The molecule has 1 amide bonds. The van der Waals surface area contributed by atoms with Crippen LogP contribution < -0.4 is 5.32 Å². The number of hydrogen-bond acceptors (Lipinski definition) is 5. The quantitative estimate of drug-likeness (QED) is 0.849. The fraction of sp³-hybridized carbons (Fsp3) is 0.353. The number of nitrogens with one attached hydrogen (secondary N) is 1. The summed E-state index contributed by atoms with van der Waals surface area (Å²) in [5.74, 6) is -0.0382. The lowest BCUT2D eigenvalue weighted by Crippen LogP contribution is -2.44. The molecule has 1 aromatic heterocycles. The van der Waals surface area contributed by atoms with E-state index in [2.05, 4.69) is 37.2 Å². The number of hydrogen-bond donors (Lipinski definition) is 1. The van der Waals surface area contributed by atoms with Crippen molar-refractivity contribution >= 4 is 33.2 Å². The van der Waals surface area contributed by atoms with Crippen LogP contribution in [0.1, 0.15) is 33.6 Å². The first-order valence-electron chi connectivity index (χ1n) is 7.77. The molecule has 1 fully saturated rings. The SMILES string of the molecule is N#Cc1ccc(CN2CCC(NC(=O)c3cnc(Br)s3)CC2)cc1. The van der Waals surface area contributed by atoms with Crippen LogP contribution in [0.5, 0.6) is 0 Å². The van der Waals surface area contributed by atoms with Crippen LogP contribution in [0.4, 0.5) is 0 Å². The Morgan fingerprint density at radius 1 is 1.38 bits per heavy atom. The summed E-state index contributed by atoms with van der Waals surface area (Å²) < 4.78 is 0.727. The van der Waals surface area contributed by atoms with Crippen molar-refractivity contribution in [2.45, 2.75) is 25.4 Å². The summed E-state index contributed by atoms with van der Waals surface area (Å²) in [6.45, 7) is 2.79. The average Bonchev–Trinajstić information content (AvgIpc) is 3.04. The second kappa shape index (κ2) is 7.88. The van der Waals surface area contributed by atoms with E-state index in [4.69, 9.17) is 5.26 Å². The highest BCUT2D eigenvalue weighted by Gasteiger charge is 2.22. The van der Waals surface area contributed by atoms with Crippen LogP contribution in [0, 0.1) is 11.3 Å². The fourth-order valence-corrected chi connectivity index (χ4v) is 3.96. The molecule has 2 aromatic rings. The third-order valence-corrected chi connectivity index (χ3v) is 5.59. The number of thiazole rings is 1. The lowest BCUT2D eigenvalue weighted by molar-refractivity contribution is 0.0913. The van der Waals surface area contributed by atoms with Gasteiger partial charge in [0.1, 0.15) is 4.88 Å². The van der Waals surface area contributed by atoms with Gasteiger partial charge in [-0.2, -0.15) is 5.26 Å². The summed E-state index contributed by atoms with van der Waals surface area (Å²) in [4.78, 5) is 19.2. The number of amides is 1. The molecule has 5 nitrogen and oxygen atoms in total. The molecular weight excluding hydrogens is 388 g/mol. The van der Waals surface area contributed by atoms with Gasteiger partial charge in [0.2, 0.25) is 0 Å². The van der Waals surface area contributed by atoms with Gasteiger partial charge in [-0.25, -0.2) is 4.98 Å². The second-order valence-electron chi connectivity index (χ2n) is 5.81. The maximum Gasteiger partial charge on any atom is 0.263 e. The number of nitrogens with zero attached hydrogens (tertiary/aromatic N) is 3. The van der Waals surface area contributed by atoms with Crippen molar-refractivity contribution in [3.8, 4) is 6.07 Å². The maximum absolute atomic E-state index is 12.2. The molecule has 2 heterocycles. The zero-order valence-corrected chi connectivity index (χ0v) is 15.4. The topological polar surface area (TPSA) is 69.0 Å². The molecule has 124 valence electrons. The average molecular weight is 405 g/mol. The van der Waals surface area contributed by atoms with Crippen molar-refractivity contribution in [1.29, 1.82) is 5.26 Å². The van der Waals surface area contributed by atoms with Crippen molar-refractivity contribution in [1.82, 2.24) is 15.2 Å². The highest BCUT2D eigenvalue weighted by atomic mass is 79.9. The number of benzene rings is 1. The summed E-state index contributed by atoms with van der Waals surface area (Å²) in [5, 5.41) is 11.9. The molecule has 0 aliphatic carbocycles. The smallest absolute Gasteiger partial charge is 0.263 e. The molecule has 7 heteroatoms. The largest absolute Gasteiger partial charge is 0.348 e. The molecule has 1 aliphatic rings. The summed E-state index contributed by atoms with van der Waals surface area (Å²) >= 11 is 4.63. The Hall–Kier alpha value is -1.75. The highest BCUT2D eigenvalue weighted by Crippen LogP contribution is 2.19. The van der Waals surface area contributed by atoms with Gasteiger partial charge in [-0.1, -0.05) is 12.1 Å². The number of nitriles is 1. The van der Waals surface area contributed by atoms with Gasteiger partial charge in [-0.3, -0.25) is 9.69 Å². The molecule has 3 rings (SSSR count). The van der Waals surface area contributed by atoms with E-state index in [9.17, 15) is 4.79 Å². The minimum atomic E-state index is -0.0382. The van der Waals surface area contributed by atoms with Gasteiger partial charge in [0.25, 0.3) is 5.91 Å². The molecular formula is C17H17BrN4OS. The zero-order chi connectivity index (χ0) is 16.9. The van der Waals surface area contributed by atoms with Gasteiger partial charge in [0.15, 0.2) is 3.92 Å². The number of carbonyl (C=O) groups is 1. The summed E-state index contributed by atoms with van der Waals surface area (Å²) in [6.07, 6.45) is 3.49. The first-order valence-corrected chi connectivity index (χ1v) is 9.38. The Kier molecular flexibility index (Phi) is 5.61. The van der Waals surface area contributed by atoms with Gasteiger partial charge in [0, 0.05) is 25.7 Å². The lowest BCUT2D eigenvalue weighted by atomic mass is 10.0. The van der Waals surface area contributed by atoms with E-state index in [1.165, 1.54) is 16.9 Å². The number of aromatic nitrogens is 1. The third-order valence-electron chi connectivity index (χ3n) is 4.11. The normalized spacial score (nSPS) is 15.8. The number of likely N-dealkylation sites (tertiary alicyclic amines) is 1. The molecule has 1 aromatic carbocycles. The van der Waals surface area contributed by atoms with Crippen LogP contribution in [0.15, 0.2) is 34.4 Å². The Labute approximate surface area is 153 Å². The number of piperidine rings is 1. The highest BCUT2D eigenvalue weighted by molar-refractivity contribution is 9.11. The third kappa shape index (κ3) is 4.41. The van der Waals surface area contributed by atoms with Crippen LogP contribution in [-0.4, -0.2) is 34.9 Å². The number of carbonyl (C=O) groups excluding carboxylic acids is 1. The van der Waals surface area contributed by atoms with Gasteiger partial charge in [-0.15, -0.1) is 11.3 Å². The Morgan fingerprint density at radius 3 is 2.67 bits per heavy atom. The summed E-state index contributed by atoms with van der Waals surface area (Å²) in [6, 6.07) is 10.1. The molecule has 1 aliphatic heterocycles. The Bertz CT molecular complexity index is 745. The van der Waals surface area contributed by atoms with Gasteiger partial charge in [-0.05, 0) is 46.5 Å². The second-order valence-corrected chi connectivity index (χ2v) is 8.12. The van der Waals surface area contributed by atoms with E-state index in [0.29, 0.717) is 10.4 Å². The van der Waals surface area contributed by atoms with Crippen LogP contribution in [-0.2, 0) is 6.54 Å². The van der Waals surface area contributed by atoms with E-state index in [1.54, 1.807) is 6.20 Å². The molecule has 0 radical (unpaired) electrons. The molecule has 24 heavy (non-hydrogen) atoms. The monoisotopic (exact) mass is 404 g/mol. The number of halogens is 1. The van der Waals surface area contributed by atoms with E-state index >= 15 is 0 Å². The minimum absolute atomic E-state index is 0.0382. The van der Waals surface area contributed by atoms with Crippen molar-refractivity contribution in [2.24, 2.45) is 0 Å². The van der Waals surface area contributed by atoms with Crippen molar-refractivity contribution < 1.29 is 4.79 Å². The van der Waals surface area contributed by atoms with Gasteiger partial charge in [0.05, 0.1) is 17.8 Å². The summed E-state index contributed by atoms with van der Waals surface area (Å²) in [5.41, 5.74) is 1.90. The lowest BCUT2D eigenvalue weighted by Gasteiger charge is -2.32. The molecule has 0 unspecified atom stereocenters. The van der Waals surface area contributed by atoms with Crippen LogP contribution >= 0.6 is 27.3 Å². The van der Waals surface area contributed by atoms with Crippen LogP contribution in [0.3, 0.4) is 0 Å². The molecule has 0 bridgehead atoms. The first-order chi connectivity index (χ1) is 11.6. The van der Waals surface area contributed by atoms with E-state index in [0.717, 1.165) is 36.4 Å². The van der Waals surface area contributed by atoms with E-state index in [-0.39, 0.29) is 11.9 Å². The molecule has 1 saturated heterocycles. The van der Waals surface area contributed by atoms with Crippen LogP contribution in [0.2, 0.25) is 0 Å². The summed E-state index contributed by atoms with van der Waals surface area (Å²) in [7, 11) is 0. The fourth-order valence-electron chi connectivity index (χ4n) is 2.79. The molecule has 1 N–H and O–H groups in total. The van der Waals surface area contributed by atoms with Gasteiger partial charge >= 0.3 is 0 Å². The molecule has 0 atom stereocenters. The first kappa shape index (κ1) is 17.1. The van der Waals surface area contributed by atoms with E-state index in [1.807, 2.05) is 24.3 Å². The molecule has 0 spiro atoms. The minimum Gasteiger partial charge on any atom is -0.348 e. The number of rotatable bonds is 4. The maximum atomic E-state index is 12.2. The molecule has 0 saturated carbocycles. The predicted molar refractivity (Wildman–Crippen MR) is 96.7 cm³/mol. The Balaban J connectivity index is 1.47. The van der Waals surface area contributed by atoms with E-state index < -0.39 is 0 Å². The zero-order valence-electron chi connectivity index (χ0n) is 13.0. The standard InChI is InChI=1S/C17H17BrN4OS/c18-17-20-10-15(24-17)16(23)21-14-5-7-22(8-6-14)11-13-3-1-12(9-19)2-4-13/h1-4,10,14H,5-8,11H2,(H,21,23).